The zero-order valence-corrected chi connectivity index (χ0v) is 29.0. The molecule has 0 saturated carbocycles. The molecular weight excluding hydrogens is 796 g/mol. The van der Waals surface area contributed by atoms with Crippen LogP contribution in [0.2, 0.25) is 20.0 Å². The molecule has 0 bridgehead atoms. The molecule has 8 heteroatoms. The zero-order chi connectivity index (χ0) is 24.6. The molecule has 33 heavy (non-hydrogen) atoms. The first-order valence-electron chi connectivity index (χ1n) is 12.2. The first-order chi connectivity index (χ1) is 15.4. The Balaban J connectivity index is 1.96. The Labute approximate surface area is 234 Å². The molecule has 1 saturated heterocycles. The number of nitrogens with zero attached hydrogens (tertiary/aromatic N) is 2. The fourth-order valence-corrected chi connectivity index (χ4v) is 5.69. The van der Waals surface area contributed by atoms with E-state index in [9.17, 15) is 0 Å². The number of allylic oxidation sites excluding steroid dienone is 1. The Hall–Kier alpha value is -0.101. The van der Waals surface area contributed by atoms with Gasteiger partial charge in [-0.3, -0.25) is 0 Å². The van der Waals surface area contributed by atoms with E-state index >= 15 is 0 Å². The predicted octanol–water partition coefficient (Wildman–Crippen LogP) is 4.23. The van der Waals surface area contributed by atoms with Gasteiger partial charge in [0.15, 0.2) is 0 Å². The third kappa shape index (κ3) is 9.13. The monoisotopic (exact) mass is 839 g/mol. The zero-order valence-electron chi connectivity index (χ0n) is 21.2. The first kappa shape index (κ1) is 29.1. The van der Waals surface area contributed by atoms with Gasteiger partial charge in [0.05, 0.1) is 0 Å². The van der Waals surface area contributed by atoms with Gasteiger partial charge < -0.3 is 0 Å². The topological polar surface area (TPSA) is 79.7 Å². The van der Waals surface area contributed by atoms with E-state index in [0.717, 1.165) is 32.0 Å². The standard InChI is InChI=1S/C25H42BN5.2Pb/c1-7-16-29-22(10-8-9-15-26-18-24(3,4)25(5,6)19-26)23(30-27)31(28)17-21-13-11-20(2)12-14-21;;/h1,7,11-14,16,22,29H,8-10,15,17-19,27-28H2,2-6H3;;/b16-7-,30-23-;;. The van der Waals surface area contributed by atoms with E-state index in [1.54, 1.807) is 5.01 Å². The molecule has 1 unspecified atom stereocenters. The van der Waals surface area contributed by atoms with Gasteiger partial charge in [-0.15, -0.1) is 0 Å². The van der Waals surface area contributed by atoms with Gasteiger partial charge in [-0.2, -0.15) is 0 Å². The number of rotatable bonds is 11. The molecule has 1 aliphatic heterocycles. The number of amidine groups is 1. The summed E-state index contributed by atoms with van der Waals surface area (Å²) in [7, 11) is 0. The third-order valence-corrected chi connectivity index (χ3v) is 9.08. The van der Waals surface area contributed by atoms with Crippen LogP contribution in [0.4, 0.5) is 0 Å². The van der Waals surface area contributed by atoms with E-state index in [4.69, 9.17) is 11.7 Å². The van der Waals surface area contributed by atoms with Gasteiger partial charge in [-0.05, 0) is 6.92 Å². The average molecular weight is 838 g/mol. The predicted molar refractivity (Wildman–Crippen MR) is 145 cm³/mol. The maximum atomic E-state index is 6.47. The molecule has 5 nitrogen and oxygen atoms in total. The minimum absolute atomic E-state index is 0.0280. The molecule has 1 aromatic rings. The van der Waals surface area contributed by atoms with Crippen molar-refractivity contribution in [3.63, 3.8) is 0 Å². The Morgan fingerprint density at radius 3 is 2.30 bits per heavy atom. The summed E-state index contributed by atoms with van der Waals surface area (Å²) in [6, 6.07) is 8.49. The summed E-state index contributed by atoms with van der Waals surface area (Å²) in [5, 5.41) is 9.40. The van der Waals surface area contributed by atoms with E-state index in [1.807, 2.05) is 0 Å². The Kier molecular flexibility index (Phi) is 11.7. The van der Waals surface area contributed by atoms with Gasteiger partial charge in [-0.1, -0.05) is 27.7 Å². The summed E-state index contributed by atoms with van der Waals surface area (Å²) < 4.78 is 0.757. The molecule has 178 valence electrons. The molecule has 1 aromatic carbocycles. The number of hydrazone groups is 1. The molecule has 2 rings (SSSR count). The van der Waals surface area contributed by atoms with Gasteiger partial charge in [0.2, 0.25) is 0 Å². The molecule has 0 aromatic heterocycles. The molecular formula is C25H42BN5Pb2. The van der Waals surface area contributed by atoms with E-state index in [-0.39, 0.29) is 6.04 Å². The van der Waals surface area contributed by atoms with Crippen LogP contribution in [-0.4, -0.2) is 75.1 Å². The molecule has 5 N–H and O–H groups in total. The van der Waals surface area contributed by atoms with Crippen LogP contribution in [0.5, 0.6) is 0 Å². The minimum atomic E-state index is 0.0280. The Morgan fingerprint density at radius 1 is 1.15 bits per heavy atom. The number of hydrogen-bond acceptors (Lipinski definition) is 4. The van der Waals surface area contributed by atoms with Gasteiger partial charge in [0, 0.05) is 0 Å². The van der Waals surface area contributed by atoms with Crippen LogP contribution in [0.15, 0.2) is 41.6 Å². The fraction of sp³-hybridized carbons (Fsp3) is 0.640. The van der Waals surface area contributed by atoms with Crippen molar-refractivity contribution in [2.24, 2.45) is 27.6 Å². The van der Waals surface area contributed by atoms with Crippen LogP contribution in [0.1, 0.15) is 58.1 Å². The molecule has 0 spiro atoms. The van der Waals surface area contributed by atoms with Crippen LogP contribution in [0.25, 0.3) is 0 Å². The summed E-state index contributed by atoms with van der Waals surface area (Å²) in [5.74, 6) is 13.1. The van der Waals surface area contributed by atoms with E-state index < -0.39 is 0 Å². The molecule has 6 radical (unpaired) electrons. The summed E-state index contributed by atoms with van der Waals surface area (Å²) >= 11 is 2.40. The van der Waals surface area contributed by atoms with Crippen LogP contribution in [-0.2, 0) is 6.54 Å². The maximum absolute atomic E-state index is 6.47. The van der Waals surface area contributed by atoms with E-state index in [2.05, 4.69) is 81.6 Å². The molecule has 1 heterocycles. The first-order valence-corrected chi connectivity index (χ1v) is 16.6. The van der Waals surface area contributed by atoms with Crippen LogP contribution < -0.4 is 17.0 Å². The van der Waals surface area contributed by atoms with Crippen molar-refractivity contribution in [1.29, 1.82) is 0 Å². The molecule has 1 fully saturated rings. The molecule has 0 aliphatic carbocycles. The van der Waals surface area contributed by atoms with Crippen molar-refractivity contribution in [3.05, 3.63) is 47.7 Å². The summed E-state index contributed by atoms with van der Waals surface area (Å²) in [6.07, 6.45) is 11.7. The Morgan fingerprint density at radius 2 is 1.76 bits per heavy atom. The van der Waals surface area contributed by atoms with Gasteiger partial charge in [0.1, 0.15) is 0 Å². The normalized spacial score (nSPS) is 18.8. The quantitative estimate of drug-likeness (QED) is 0.0780. The molecule has 1 atom stereocenters. The van der Waals surface area contributed by atoms with E-state index in [1.165, 1.54) is 82.5 Å². The molecule has 1 aliphatic rings. The number of aryl methyl sites for hydroxylation is 1. The van der Waals surface area contributed by atoms with Crippen LogP contribution in [0, 0.1) is 17.8 Å². The van der Waals surface area contributed by atoms with E-state index in [0.29, 0.717) is 17.4 Å². The number of unbranched alkanes of at least 4 members (excludes halogenated alkanes) is 1. The van der Waals surface area contributed by atoms with Crippen molar-refractivity contribution in [2.75, 3.05) is 0 Å². The van der Waals surface area contributed by atoms with Gasteiger partial charge in [-0.25, -0.2) is 0 Å². The second kappa shape index (κ2) is 13.3. The van der Waals surface area contributed by atoms with Crippen molar-refractivity contribution in [1.82, 2.24) is 10.3 Å². The number of nitrogens with one attached hydrogen (secondary N) is 1. The second-order valence-corrected chi connectivity index (χ2v) is 24.5. The summed E-state index contributed by atoms with van der Waals surface area (Å²) in [6.45, 7) is 13.3. The van der Waals surface area contributed by atoms with Crippen LogP contribution in [0.3, 0.4) is 0 Å². The third-order valence-electron chi connectivity index (χ3n) is 7.58. The summed E-state index contributed by atoms with van der Waals surface area (Å²) in [4.78, 5) is 0. The SMILES string of the molecule is Cc1ccc(CN(N)/C(=N\N)C(CCCCB2CC(C)(C)C(C)(C)C2)N/C=C\[CH]([Pb])[Pb])cc1. The number of benzene rings is 1. The number of hydrogen-bond donors (Lipinski definition) is 3. The number of nitrogens with two attached hydrogens (primary N) is 2. The second-order valence-electron chi connectivity index (χ2n) is 11.0. The van der Waals surface area contributed by atoms with Crippen molar-refractivity contribution < 1.29 is 0 Å². The average Bonchev–Trinajstić information content (AvgIpc) is 2.93. The van der Waals surface area contributed by atoms with Crippen molar-refractivity contribution in [2.45, 2.75) is 86.5 Å². The number of hydrazine groups is 1. The van der Waals surface area contributed by atoms with Crippen molar-refractivity contribution in [3.8, 4) is 0 Å². The fourth-order valence-electron chi connectivity index (χ4n) is 4.94. The summed E-state index contributed by atoms with van der Waals surface area (Å²) in [5.41, 5.74) is 3.27. The van der Waals surface area contributed by atoms with Gasteiger partial charge in [0.25, 0.3) is 0 Å². The van der Waals surface area contributed by atoms with Crippen molar-refractivity contribution >= 4 is 64.1 Å². The Bertz CT molecular complexity index is 776. The van der Waals surface area contributed by atoms with Gasteiger partial charge >= 0.3 is 202 Å². The molecule has 0 amide bonds. The van der Waals surface area contributed by atoms with Crippen LogP contribution >= 0.6 is 0 Å².